The third-order valence-electron chi connectivity index (χ3n) is 2.82. The second-order valence-corrected chi connectivity index (χ2v) is 6.07. The molecule has 0 aliphatic rings. The van der Waals surface area contributed by atoms with Gasteiger partial charge in [-0.2, -0.15) is 0 Å². The molecule has 2 rings (SSSR count). The molecular formula is C13H17N3O3S. The van der Waals surface area contributed by atoms with Gasteiger partial charge in [-0.1, -0.05) is 6.07 Å². The molecule has 20 heavy (non-hydrogen) atoms. The molecule has 0 spiro atoms. The fourth-order valence-electron chi connectivity index (χ4n) is 1.81. The first kappa shape index (κ1) is 14.5. The van der Waals surface area contributed by atoms with Crippen molar-refractivity contribution in [1.82, 2.24) is 14.7 Å². The molecule has 6 nitrogen and oxygen atoms in total. The minimum absolute atomic E-state index is 0.152. The van der Waals surface area contributed by atoms with Crippen molar-refractivity contribution in [2.24, 2.45) is 0 Å². The van der Waals surface area contributed by atoms with Crippen molar-refractivity contribution < 1.29 is 13.2 Å². The van der Waals surface area contributed by atoms with Crippen molar-refractivity contribution in [3.8, 4) is 5.75 Å². The van der Waals surface area contributed by atoms with E-state index in [0.717, 1.165) is 11.4 Å². The maximum atomic E-state index is 12.3. The molecule has 2 aromatic rings. The molecule has 0 atom stereocenters. The molecule has 0 saturated carbocycles. The number of nitrogens with one attached hydrogen (secondary N) is 2. The number of rotatable bonds is 6. The Bertz CT molecular complexity index is 666. The highest BCUT2D eigenvalue weighted by Gasteiger charge is 2.19. The molecule has 2 N–H and O–H groups in total. The highest BCUT2D eigenvalue weighted by Crippen LogP contribution is 2.24. The third-order valence-corrected chi connectivity index (χ3v) is 4.30. The predicted octanol–water partition coefficient (Wildman–Crippen LogP) is 1.25. The average Bonchev–Trinajstić information content (AvgIpc) is 2.91. The number of nitrogens with zero attached hydrogens (tertiary/aromatic N) is 1. The van der Waals surface area contributed by atoms with E-state index < -0.39 is 10.0 Å². The van der Waals surface area contributed by atoms with Crippen LogP contribution in [0.15, 0.2) is 35.5 Å². The molecule has 7 heteroatoms. The fraction of sp³-hybridized carbons (Fsp3) is 0.308. The van der Waals surface area contributed by atoms with Gasteiger partial charge >= 0.3 is 0 Å². The molecule has 0 aliphatic heterocycles. The van der Waals surface area contributed by atoms with Gasteiger partial charge in [0.1, 0.15) is 16.5 Å². The van der Waals surface area contributed by atoms with Gasteiger partial charge < -0.3 is 9.72 Å². The summed E-state index contributed by atoms with van der Waals surface area (Å²) < 4.78 is 32.2. The number of benzene rings is 1. The minimum Gasteiger partial charge on any atom is -0.495 e. The Balaban J connectivity index is 2.11. The first-order valence-corrected chi connectivity index (χ1v) is 7.64. The second kappa shape index (κ2) is 6.06. The summed E-state index contributed by atoms with van der Waals surface area (Å²) in [6.45, 7) is 2.11. The lowest BCUT2D eigenvalue weighted by molar-refractivity contribution is 0.402. The molecule has 0 saturated heterocycles. The maximum Gasteiger partial charge on any atom is 0.244 e. The first-order valence-electron chi connectivity index (χ1n) is 6.15. The quantitative estimate of drug-likeness (QED) is 0.840. The summed E-state index contributed by atoms with van der Waals surface area (Å²) >= 11 is 0. The molecule has 1 aromatic carbocycles. The van der Waals surface area contributed by atoms with E-state index in [1.807, 2.05) is 6.92 Å². The number of imidazole rings is 1. The zero-order chi connectivity index (χ0) is 14.6. The van der Waals surface area contributed by atoms with Gasteiger partial charge in [0.2, 0.25) is 10.0 Å². The van der Waals surface area contributed by atoms with Crippen molar-refractivity contribution in [3.05, 3.63) is 42.0 Å². The van der Waals surface area contributed by atoms with Gasteiger partial charge in [-0.15, -0.1) is 0 Å². The number of aromatic amines is 1. The van der Waals surface area contributed by atoms with Crippen LogP contribution in [0.25, 0.3) is 0 Å². The van der Waals surface area contributed by atoms with E-state index in [1.165, 1.54) is 7.11 Å². The van der Waals surface area contributed by atoms with Gasteiger partial charge in [0, 0.05) is 25.4 Å². The van der Waals surface area contributed by atoms with E-state index in [9.17, 15) is 8.42 Å². The molecule has 0 amide bonds. The summed E-state index contributed by atoms with van der Waals surface area (Å²) in [5.74, 6) is 1.07. The first-order chi connectivity index (χ1) is 9.53. The molecule has 1 aromatic heterocycles. The van der Waals surface area contributed by atoms with Crippen molar-refractivity contribution in [2.45, 2.75) is 18.2 Å². The zero-order valence-electron chi connectivity index (χ0n) is 11.4. The Morgan fingerprint density at radius 3 is 2.85 bits per heavy atom. The average molecular weight is 295 g/mol. The lowest BCUT2D eigenvalue weighted by Gasteiger charge is -2.11. The van der Waals surface area contributed by atoms with E-state index in [0.29, 0.717) is 12.2 Å². The molecule has 0 bridgehead atoms. The van der Waals surface area contributed by atoms with Crippen molar-refractivity contribution in [3.63, 3.8) is 0 Å². The fourth-order valence-corrected chi connectivity index (χ4v) is 3.09. The number of sulfonamides is 1. The normalized spacial score (nSPS) is 11.5. The highest BCUT2D eigenvalue weighted by atomic mass is 32.2. The minimum atomic E-state index is -3.60. The van der Waals surface area contributed by atoms with Crippen molar-refractivity contribution >= 4 is 10.0 Å². The van der Waals surface area contributed by atoms with Crippen LogP contribution in [0.4, 0.5) is 0 Å². The number of H-pyrrole nitrogens is 1. The van der Waals surface area contributed by atoms with E-state index in [1.54, 1.807) is 30.6 Å². The molecular weight excluding hydrogens is 278 g/mol. The lowest BCUT2D eigenvalue weighted by Crippen LogP contribution is -2.26. The Hall–Kier alpha value is -1.86. The molecule has 108 valence electrons. The van der Waals surface area contributed by atoms with Crippen LogP contribution in [-0.4, -0.2) is 32.0 Å². The molecule has 0 radical (unpaired) electrons. The van der Waals surface area contributed by atoms with Gasteiger partial charge in [-0.05, 0) is 24.6 Å². The summed E-state index contributed by atoms with van der Waals surface area (Å²) in [7, 11) is -2.14. The lowest BCUT2D eigenvalue weighted by atomic mass is 10.2. The number of ether oxygens (including phenoxy) is 1. The van der Waals surface area contributed by atoms with Crippen molar-refractivity contribution in [2.75, 3.05) is 13.7 Å². The van der Waals surface area contributed by atoms with E-state index in [2.05, 4.69) is 14.7 Å². The van der Waals surface area contributed by atoms with Crippen molar-refractivity contribution in [1.29, 1.82) is 0 Å². The van der Waals surface area contributed by atoms with Gasteiger partial charge in [0.05, 0.1) is 7.11 Å². The summed E-state index contributed by atoms with van der Waals surface area (Å²) in [4.78, 5) is 7.12. The number of aryl methyl sites for hydroxylation is 1. The van der Waals surface area contributed by atoms with Gasteiger partial charge in [0.25, 0.3) is 0 Å². The highest BCUT2D eigenvalue weighted by molar-refractivity contribution is 7.89. The number of hydrogen-bond donors (Lipinski definition) is 2. The van der Waals surface area contributed by atoms with Crippen LogP contribution < -0.4 is 9.46 Å². The van der Waals surface area contributed by atoms with Crippen LogP contribution in [0.2, 0.25) is 0 Å². The largest absolute Gasteiger partial charge is 0.495 e. The van der Waals surface area contributed by atoms with Gasteiger partial charge in [-0.3, -0.25) is 0 Å². The van der Waals surface area contributed by atoms with Crippen LogP contribution in [0, 0.1) is 6.92 Å². The Morgan fingerprint density at radius 1 is 1.40 bits per heavy atom. The van der Waals surface area contributed by atoms with Gasteiger partial charge in [0.15, 0.2) is 0 Å². The maximum absolute atomic E-state index is 12.3. The van der Waals surface area contributed by atoms with Crippen LogP contribution in [-0.2, 0) is 16.4 Å². The number of hydrogen-bond acceptors (Lipinski definition) is 4. The molecule has 1 heterocycles. The summed E-state index contributed by atoms with van der Waals surface area (Å²) in [6, 6.07) is 5.05. The zero-order valence-corrected chi connectivity index (χ0v) is 12.2. The SMILES string of the molecule is COc1ccc(C)cc1S(=O)(=O)NCCc1ncc[nH]1. The Labute approximate surface area is 118 Å². The molecule has 0 unspecified atom stereocenters. The second-order valence-electron chi connectivity index (χ2n) is 4.34. The van der Waals surface area contributed by atoms with E-state index in [4.69, 9.17) is 4.74 Å². The topological polar surface area (TPSA) is 84.1 Å². The van der Waals surface area contributed by atoms with E-state index in [-0.39, 0.29) is 11.4 Å². The van der Waals surface area contributed by atoms with Crippen LogP contribution in [0.1, 0.15) is 11.4 Å². The smallest absolute Gasteiger partial charge is 0.244 e. The predicted molar refractivity (Wildman–Crippen MR) is 75.2 cm³/mol. The Morgan fingerprint density at radius 2 is 2.20 bits per heavy atom. The summed E-state index contributed by atoms with van der Waals surface area (Å²) in [5, 5.41) is 0. The Kier molecular flexibility index (Phi) is 4.41. The molecule has 0 fully saturated rings. The monoisotopic (exact) mass is 295 g/mol. The van der Waals surface area contributed by atoms with Crippen LogP contribution in [0.5, 0.6) is 5.75 Å². The third kappa shape index (κ3) is 3.37. The van der Waals surface area contributed by atoms with E-state index >= 15 is 0 Å². The summed E-state index contributed by atoms with van der Waals surface area (Å²) in [6.07, 6.45) is 3.83. The summed E-state index contributed by atoms with van der Waals surface area (Å²) in [5.41, 5.74) is 0.859. The number of methoxy groups -OCH3 is 1. The standard InChI is InChI=1S/C13H17N3O3S/c1-10-3-4-11(19-2)12(9-10)20(17,18)16-6-5-13-14-7-8-15-13/h3-4,7-9,16H,5-6H2,1-2H3,(H,14,15). The number of aromatic nitrogens is 2. The van der Waals surface area contributed by atoms with Crippen LogP contribution in [0.3, 0.4) is 0 Å². The van der Waals surface area contributed by atoms with Gasteiger partial charge in [-0.25, -0.2) is 18.1 Å². The van der Waals surface area contributed by atoms with Crippen LogP contribution >= 0.6 is 0 Å². The molecule has 0 aliphatic carbocycles.